The van der Waals surface area contributed by atoms with Crippen LogP contribution in [0.4, 0.5) is 11.4 Å². The molecule has 2 aromatic rings. The fourth-order valence-corrected chi connectivity index (χ4v) is 1.42. The van der Waals surface area contributed by atoms with E-state index in [0.717, 1.165) is 11.4 Å². The van der Waals surface area contributed by atoms with E-state index in [9.17, 15) is 0 Å². The predicted molar refractivity (Wildman–Crippen MR) is 69.5 cm³/mol. The average molecular weight is 229 g/mol. The minimum Gasteiger partial charge on any atom is -0.455 e. The number of nitrogen functional groups attached to an aromatic ring is 1. The Bertz CT molecular complexity index is 497. The number of hydrogen-bond donors (Lipinski definition) is 1. The van der Waals surface area contributed by atoms with Crippen molar-refractivity contribution < 1.29 is 4.74 Å². The topological polar surface area (TPSA) is 51.4 Å². The van der Waals surface area contributed by atoms with Gasteiger partial charge < -0.3 is 15.4 Å². The van der Waals surface area contributed by atoms with E-state index in [1.165, 1.54) is 0 Å². The Morgan fingerprint density at radius 2 is 1.82 bits per heavy atom. The van der Waals surface area contributed by atoms with Gasteiger partial charge in [0.25, 0.3) is 0 Å². The fraction of sp³-hybridized carbons (Fsp3) is 0.154. The number of ether oxygens (including phenoxy) is 1. The number of pyridine rings is 1. The van der Waals surface area contributed by atoms with Gasteiger partial charge >= 0.3 is 0 Å². The first kappa shape index (κ1) is 11.3. The second-order valence-electron chi connectivity index (χ2n) is 3.90. The van der Waals surface area contributed by atoms with Crippen molar-refractivity contribution in [3.8, 4) is 11.5 Å². The second-order valence-corrected chi connectivity index (χ2v) is 3.90. The van der Waals surface area contributed by atoms with Gasteiger partial charge in [-0.05, 0) is 24.3 Å². The third kappa shape index (κ3) is 2.66. The lowest BCUT2D eigenvalue weighted by atomic mass is 10.2. The maximum Gasteiger partial charge on any atom is 0.152 e. The van der Waals surface area contributed by atoms with E-state index in [2.05, 4.69) is 4.98 Å². The number of anilines is 2. The summed E-state index contributed by atoms with van der Waals surface area (Å²) in [6.07, 6.45) is 3.36. The molecule has 1 aromatic heterocycles. The molecule has 0 saturated carbocycles. The lowest BCUT2D eigenvalue weighted by Gasteiger charge is -2.15. The zero-order chi connectivity index (χ0) is 12.3. The summed E-state index contributed by atoms with van der Waals surface area (Å²) < 4.78 is 5.71. The van der Waals surface area contributed by atoms with E-state index in [-0.39, 0.29) is 0 Å². The fourth-order valence-electron chi connectivity index (χ4n) is 1.42. The Labute approximate surface area is 101 Å². The molecule has 0 amide bonds. The number of nitrogens with two attached hydrogens (primary N) is 1. The molecule has 1 aromatic carbocycles. The molecular formula is C13H15N3O. The van der Waals surface area contributed by atoms with Crippen LogP contribution in [0.15, 0.2) is 42.7 Å². The Morgan fingerprint density at radius 1 is 1.12 bits per heavy atom. The number of aromatic nitrogens is 1. The molecule has 0 radical (unpaired) electrons. The first-order chi connectivity index (χ1) is 8.16. The van der Waals surface area contributed by atoms with Crippen molar-refractivity contribution in [2.24, 2.45) is 0 Å². The van der Waals surface area contributed by atoms with E-state index in [1.54, 1.807) is 24.5 Å². The van der Waals surface area contributed by atoms with Crippen molar-refractivity contribution in [2.75, 3.05) is 24.7 Å². The van der Waals surface area contributed by atoms with Crippen LogP contribution in [0.1, 0.15) is 0 Å². The van der Waals surface area contributed by atoms with Crippen LogP contribution in [0, 0.1) is 0 Å². The smallest absolute Gasteiger partial charge is 0.152 e. The molecular weight excluding hydrogens is 214 g/mol. The molecule has 0 aliphatic carbocycles. The summed E-state index contributed by atoms with van der Waals surface area (Å²) in [6.45, 7) is 0. The summed E-state index contributed by atoms with van der Waals surface area (Å²) in [4.78, 5) is 5.93. The molecule has 1 heterocycles. The molecule has 2 rings (SSSR count). The average Bonchev–Trinajstić information content (AvgIpc) is 2.33. The van der Waals surface area contributed by atoms with Gasteiger partial charge in [0.05, 0.1) is 5.69 Å². The molecule has 0 fully saturated rings. The highest BCUT2D eigenvalue weighted by Crippen LogP contribution is 2.30. The molecule has 0 unspecified atom stereocenters. The summed E-state index contributed by atoms with van der Waals surface area (Å²) in [5.74, 6) is 1.38. The van der Waals surface area contributed by atoms with Gasteiger partial charge in [-0.1, -0.05) is 0 Å². The van der Waals surface area contributed by atoms with Crippen molar-refractivity contribution >= 4 is 11.4 Å². The summed E-state index contributed by atoms with van der Waals surface area (Å²) in [5, 5.41) is 0. The van der Waals surface area contributed by atoms with Gasteiger partial charge in [0, 0.05) is 38.2 Å². The Balaban J connectivity index is 2.29. The largest absolute Gasteiger partial charge is 0.455 e. The molecule has 88 valence electrons. The van der Waals surface area contributed by atoms with Gasteiger partial charge in [-0.3, -0.25) is 4.98 Å². The normalized spacial score (nSPS) is 10.0. The molecule has 2 N–H and O–H groups in total. The van der Waals surface area contributed by atoms with Crippen LogP contribution in [0.5, 0.6) is 11.5 Å². The van der Waals surface area contributed by atoms with Gasteiger partial charge in [0.1, 0.15) is 5.75 Å². The van der Waals surface area contributed by atoms with Crippen molar-refractivity contribution in [3.05, 3.63) is 42.7 Å². The van der Waals surface area contributed by atoms with Crippen LogP contribution in [0.3, 0.4) is 0 Å². The monoisotopic (exact) mass is 229 g/mol. The molecule has 4 heteroatoms. The van der Waals surface area contributed by atoms with Gasteiger partial charge in [-0.15, -0.1) is 0 Å². The minimum atomic E-state index is 0.618. The maximum atomic E-state index is 5.88. The maximum absolute atomic E-state index is 5.88. The van der Waals surface area contributed by atoms with Crippen molar-refractivity contribution in [1.29, 1.82) is 0 Å². The molecule has 0 aliphatic heterocycles. The highest BCUT2D eigenvalue weighted by Gasteiger charge is 2.04. The van der Waals surface area contributed by atoms with Crippen LogP contribution in [-0.4, -0.2) is 19.1 Å². The van der Waals surface area contributed by atoms with Crippen LogP contribution >= 0.6 is 0 Å². The highest BCUT2D eigenvalue weighted by molar-refractivity contribution is 5.62. The lowest BCUT2D eigenvalue weighted by Crippen LogP contribution is -2.08. The molecule has 0 saturated heterocycles. The Kier molecular flexibility index (Phi) is 3.14. The summed E-state index contributed by atoms with van der Waals surface area (Å²) >= 11 is 0. The molecule has 0 spiro atoms. The third-order valence-corrected chi connectivity index (χ3v) is 2.39. The van der Waals surface area contributed by atoms with E-state index in [0.29, 0.717) is 11.4 Å². The zero-order valence-electron chi connectivity index (χ0n) is 9.92. The Morgan fingerprint density at radius 3 is 2.47 bits per heavy atom. The number of rotatable bonds is 3. The first-order valence-electron chi connectivity index (χ1n) is 5.31. The van der Waals surface area contributed by atoms with Gasteiger partial charge in [-0.2, -0.15) is 0 Å². The van der Waals surface area contributed by atoms with E-state index >= 15 is 0 Å². The molecule has 17 heavy (non-hydrogen) atoms. The van der Waals surface area contributed by atoms with Crippen molar-refractivity contribution in [2.45, 2.75) is 0 Å². The van der Waals surface area contributed by atoms with E-state index < -0.39 is 0 Å². The second kappa shape index (κ2) is 4.74. The number of nitrogens with zero attached hydrogens (tertiary/aromatic N) is 2. The lowest BCUT2D eigenvalue weighted by molar-refractivity contribution is 0.484. The zero-order valence-corrected chi connectivity index (χ0v) is 9.92. The molecule has 0 bridgehead atoms. The summed E-state index contributed by atoms with van der Waals surface area (Å²) in [5.41, 5.74) is 7.54. The van der Waals surface area contributed by atoms with Crippen LogP contribution < -0.4 is 15.4 Å². The van der Waals surface area contributed by atoms with Gasteiger partial charge in [0.2, 0.25) is 0 Å². The summed E-state index contributed by atoms with van der Waals surface area (Å²) in [7, 11) is 3.95. The minimum absolute atomic E-state index is 0.618. The number of benzene rings is 1. The van der Waals surface area contributed by atoms with Crippen molar-refractivity contribution in [3.63, 3.8) is 0 Å². The predicted octanol–water partition coefficient (Wildman–Crippen LogP) is 2.52. The third-order valence-electron chi connectivity index (χ3n) is 2.39. The van der Waals surface area contributed by atoms with Crippen LogP contribution in [0.25, 0.3) is 0 Å². The summed E-state index contributed by atoms with van der Waals surface area (Å²) in [6, 6.07) is 9.29. The van der Waals surface area contributed by atoms with Crippen LogP contribution in [0.2, 0.25) is 0 Å². The van der Waals surface area contributed by atoms with Crippen molar-refractivity contribution in [1.82, 2.24) is 4.98 Å². The Hall–Kier alpha value is -2.23. The van der Waals surface area contributed by atoms with E-state index in [4.69, 9.17) is 10.5 Å². The quantitative estimate of drug-likeness (QED) is 0.822. The molecule has 0 atom stereocenters. The SMILES string of the molecule is CN(C)c1ccc(N)c(Oc2ccncc2)c1. The number of hydrogen-bond acceptors (Lipinski definition) is 4. The molecule has 0 aliphatic rings. The highest BCUT2D eigenvalue weighted by atomic mass is 16.5. The van der Waals surface area contributed by atoms with E-state index in [1.807, 2.05) is 37.2 Å². The van der Waals surface area contributed by atoms with Crippen LogP contribution in [-0.2, 0) is 0 Å². The standard InChI is InChI=1S/C13H15N3O/c1-16(2)10-3-4-12(14)13(9-10)17-11-5-7-15-8-6-11/h3-9H,14H2,1-2H3. The van der Waals surface area contributed by atoms with Gasteiger partial charge in [-0.25, -0.2) is 0 Å². The van der Waals surface area contributed by atoms with Gasteiger partial charge in [0.15, 0.2) is 5.75 Å². The molecule has 4 nitrogen and oxygen atoms in total. The first-order valence-corrected chi connectivity index (χ1v) is 5.31.